The highest BCUT2D eigenvalue weighted by Crippen LogP contribution is 2.34. The van der Waals surface area contributed by atoms with Crippen LogP contribution >= 0.6 is 0 Å². The third-order valence-corrected chi connectivity index (χ3v) is 7.24. The van der Waals surface area contributed by atoms with Crippen molar-refractivity contribution >= 4 is 20.2 Å². The molecule has 0 saturated carbocycles. The van der Waals surface area contributed by atoms with Crippen molar-refractivity contribution in [3.8, 4) is 0 Å². The van der Waals surface area contributed by atoms with E-state index in [0.717, 1.165) is 11.1 Å². The van der Waals surface area contributed by atoms with Crippen molar-refractivity contribution in [2.75, 3.05) is 6.61 Å². The molecule has 0 unspecified atom stereocenters. The zero-order valence-electron chi connectivity index (χ0n) is 16.2. The Balaban J connectivity index is 1.63. The van der Waals surface area contributed by atoms with Gasteiger partial charge in [0.05, 0.1) is 11.5 Å². The fourth-order valence-electron chi connectivity index (χ4n) is 3.04. The van der Waals surface area contributed by atoms with Crippen molar-refractivity contribution in [2.45, 2.75) is 42.1 Å². The standard InChI is InChI=1S/C20H20O8S2/c1-13-3-7-16(8-4-13)29(21,22)27-18-11-15-12-25-20(26-15)19(18)28-30(23,24)17-9-5-14(2)6-10-17/h3-11,15,19-20H,12H2,1-2H3/t15-,19+,20+/m0/s1. The molecule has 1 fully saturated rings. The SMILES string of the molecule is Cc1ccc(S(=O)(=O)OC2=C[C@H]3CO[C@H](O3)[C@@H]2OS(=O)(=O)c2ccc(C)cc2)cc1. The third-order valence-electron chi connectivity index (χ3n) is 4.67. The maximum absolute atomic E-state index is 12.7. The van der Waals surface area contributed by atoms with Crippen LogP contribution in [0.25, 0.3) is 0 Å². The minimum atomic E-state index is -4.24. The zero-order chi connectivity index (χ0) is 21.5. The molecular formula is C20H20O8S2. The molecule has 10 heteroatoms. The zero-order valence-corrected chi connectivity index (χ0v) is 17.9. The lowest BCUT2D eigenvalue weighted by molar-refractivity contribution is -0.119. The van der Waals surface area contributed by atoms with Crippen molar-refractivity contribution < 1.29 is 34.7 Å². The van der Waals surface area contributed by atoms with Gasteiger partial charge >= 0.3 is 10.1 Å². The molecule has 2 aromatic carbocycles. The van der Waals surface area contributed by atoms with Crippen LogP contribution in [0, 0.1) is 13.8 Å². The average Bonchev–Trinajstić information content (AvgIpc) is 3.08. The molecule has 1 saturated heterocycles. The Hall–Kier alpha value is -2.24. The van der Waals surface area contributed by atoms with Crippen molar-refractivity contribution in [1.82, 2.24) is 0 Å². The molecule has 0 aromatic heterocycles. The molecule has 0 spiro atoms. The first-order valence-corrected chi connectivity index (χ1v) is 12.0. The normalized spacial score (nSPS) is 23.8. The van der Waals surface area contributed by atoms with E-state index in [1.807, 2.05) is 13.8 Å². The van der Waals surface area contributed by atoms with Gasteiger partial charge in [0.1, 0.15) is 11.0 Å². The van der Waals surface area contributed by atoms with E-state index in [1.54, 1.807) is 24.3 Å². The molecule has 2 aromatic rings. The van der Waals surface area contributed by atoms with Crippen LogP contribution in [0.1, 0.15) is 11.1 Å². The number of hydrogen-bond acceptors (Lipinski definition) is 8. The first kappa shape index (κ1) is 21.0. The number of ether oxygens (including phenoxy) is 2. The number of fused-ring (bicyclic) bond motifs is 2. The third kappa shape index (κ3) is 4.28. The highest BCUT2D eigenvalue weighted by atomic mass is 32.2. The lowest BCUT2D eigenvalue weighted by Gasteiger charge is -2.27. The van der Waals surface area contributed by atoms with Crippen LogP contribution in [0.3, 0.4) is 0 Å². The Morgan fingerprint density at radius 2 is 1.37 bits per heavy atom. The highest BCUT2D eigenvalue weighted by Gasteiger charge is 2.45. The number of hydrogen-bond donors (Lipinski definition) is 0. The minimum absolute atomic E-state index is 0.0612. The van der Waals surface area contributed by atoms with Gasteiger partial charge in [-0.2, -0.15) is 16.8 Å². The summed E-state index contributed by atoms with van der Waals surface area (Å²) >= 11 is 0. The molecule has 0 N–H and O–H groups in total. The molecule has 0 radical (unpaired) electrons. The van der Waals surface area contributed by atoms with Crippen LogP contribution in [0.4, 0.5) is 0 Å². The predicted octanol–water partition coefficient (Wildman–Crippen LogP) is 2.42. The molecule has 2 aliphatic rings. The molecule has 2 aliphatic heterocycles. The van der Waals surface area contributed by atoms with E-state index in [2.05, 4.69) is 0 Å². The Bertz CT molecular complexity index is 1170. The van der Waals surface area contributed by atoms with Crippen LogP contribution < -0.4 is 0 Å². The lowest BCUT2D eigenvalue weighted by atomic mass is 10.2. The monoisotopic (exact) mass is 452 g/mol. The van der Waals surface area contributed by atoms with E-state index in [1.165, 1.54) is 30.3 Å². The molecule has 0 amide bonds. The second-order valence-electron chi connectivity index (χ2n) is 7.08. The highest BCUT2D eigenvalue weighted by molar-refractivity contribution is 7.87. The van der Waals surface area contributed by atoms with E-state index in [9.17, 15) is 16.8 Å². The van der Waals surface area contributed by atoms with Gasteiger partial charge < -0.3 is 13.7 Å². The van der Waals surface area contributed by atoms with Crippen molar-refractivity contribution in [1.29, 1.82) is 0 Å². The molecule has 30 heavy (non-hydrogen) atoms. The fourth-order valence-corrected chi connectivity index (χ4v) is 5.05. The van der Waals surface area contributed by atoms with Gasteiger partial charge in [-0.15, -0.1) is 0 Å². The van der Waals surface area contributed by atoms with Crippen LogP contribution in [0.5, 0.6) is 0 Å². The van der Waals surface area contributed by atoms with Crippen molar-refractivity contribution in [3.63, 3.8) is 0 Å². The van der Waals surface area contributed by atoms with Gasteiger partial charge in [-0.25, -0.2) is 4.18 Å². The fraction of sp³-hybridized carbons (Fsp3) is 0.300. The van der Waals surface area contributed by atoms with Crippen LogP contribution in [-0.2, 0) is 38.1 Å². The van der Waals surface area contributed by atoms with E-state index >= 15 is 0 Å². The topological polar surface area (TPSA) is 105 Å². The van der Waals surface area contributed by atoms with Crippen LogP contribution in [0.15, 0.2) is 70.2 Å². The molecule has 3 atom stereocenters. The Morgan fingerprint density at radius 3 is 1.93 bits per heavy atom. The molecule has 4 rings (SSSR count). The first-order chi connectivity index (χ1) is 14.1. The minimum Gasteiger partial charge on any atom is -0.381 e. The van der Waals surface area contributed by atoms with Crippen molar-refractivity contribution in [3.05, 3.63) is 71.5 Å². The Kier molecular flexibility index (Phi) is 5.45. The van der Waals surface area contributed by atoms with Gasteiger partial charge in [-0.3, -0.25) is 0 Å². The largest absolute Gasteiger partial charge is 0.381 e. The maximum atomic E-state index is 12.7. The van der Waals surface area contributed by atoms with Crippen molar-refractivity contribution in [2.24, 2.45) is 0 Å². The second kappa shape index (κ2) is 7.78. The quantitative estimate of drug-likeness (QED) is 0.616. The lowest BCUT2D eigenvalue weighted by Crippen LogP contribution is -2.38. The summed E-state index contributed by atoms with van der Waals surface area (Å²) in [7, 11) is -8.44. The van der Waals surface area contributed by atoms with E-state index < -0.39 is 38.7 Å². The van der Waals surface area contributed by atoms with Gasteiger partial charge in [0.25, 0.3) is 10.1 Å². The summed E-state index contributed by atoms with van der Waals surface area (Å²) in [5, 5.41) is 0. The molecular weight excluding hydrogens is 432 g/mol. The van der Waals surface area contributed by atoms with Gasteiger partial charge in [0.2, 0.25) is 0 Å². The average molecular weight is 453 g/mol. The predicted molar refractivity (Wildman–Crippen MR) is 105 cm³/mol. The van der Waals surface area contributed by atoms with Gasteiger partial charge in [-0.1, -0.05) is 35.4 Å². The molecule has 2 heterocycles. The summed E-state index contributed by atoms with van der Waals surface area (Å²) in [6.07, 6.45) is -1.70. The van der Waals surface area contributed by atoms with Crippen LogP contribution in [0.2, 0.25) is 0 Å². The smallest absolute Gasteiger partial charge is 0.338 e. The van der Waals surface area contributed by atoms with E-state index in [0.29, 0.717) is 0 Å². The Labute approximate surface area is 175 Å². The molecule has 160 valence electrons. The summed E-state index contributed by atoms with van der Waals surface area (Å²) in [6.45, 7) is 3.78. The van der Waals surface area contributed by atoms with E-state index in [4.69, 9.17) is 17.8 Å². The van der Waals surface area contributed by atoms with Crippen LogP contribution in [-0.4, -0.2) is 41.9 Å². The Morgan fingerprint density at radius 1 is 0.833 bits per heavy atom. The summed E-state index contributed by atoms with van der Waals surface area (Å²) in [5.41, 5.74) is 1.76. The van der Waals surface area contributed by atoms with E-state index in [-0.39, 0.29) is 22.2 Å². The summed E-state index contributed by atoms with van der Waals surface area (Å²) < 4.78 is 72.4. The number of benzene rings is 2. The van der Waals surface area contributed by atoms with Gasteiger partial charge in [0, 0.05) is 0 Å². The maximum Gasteiger partial charge on any atom is 0.338 e. The summed E-state index contributed by atoms with van der Waals surface area (Å²) in [4.78, 5) is -0.136. The molecule has 8 nitrogen and oxygen atoms in total. The second-order valence-corrected chi connectivity index (χ2v) is 10.2. The number of aryl methyl sites for hydroxylation is 2. The molecule has 0 aliphatic carbocycles. The van der Waals surface area contributed by atoms with Gasteiger partial charge in [-0.05, 0) is 44.2 Å². The first-order valence-electron chi connectivity index (χ1n) is 9.14. The summed E-state index contributed by atoms with van der Waals surface area (Å²) in [6, 6.07) is 12.2. The molecule has 2 bridgehead atoms. The summed E-state index contributed by atoms with van der Waals surface area (Å²) in [5.74, 6) is -0.190. The van der Waals surface area contributed by atoms with Gasteiger partial charge in [0.15, 0.2) is 18.2 Å². The number of rotatable bonds is 6.